The third-order valence-electron chi connectivity index (χ3n) is 6.43. The second-order valence-electron chi connectivity index (χ2n) is 8.78. The molecule has 36 heavy (non-hydrogen) atoms. The lowest BCUT2D eigenvalue weighted by atomic mass is 10.0. The third-order valence-corrected chi connectivity index (χ3v) is 6.43. The molecule has 3 aromatic carbocycles. The number of fused-ring (bicyclic) bond motifs is 1. The van der Waals surface area contributed by atoms with Gasteiger partial charge in [-0.3, -0.25) is 4.79 Å². The van der Waals surface area contributed by atoms with E-state index < -0.39 is 6.10 Å². The highest BCUT2D eigenvalue weighted by molar-refractivity contribution is 5.95. The molecular weight excluding hydrogens is 452 g/mol. The second-order valence-corrected chi connectivity index (χ2v) is 8.78. The summed E-state index contributed by atoms with van der Waals surface area (Å²) in [5, 5.41) is 11.4. The molecule has 1 unspecified atom stereocenters. The van der Waals surface area contributed by atoms with Crippen molar-refractivity contribution in [3.05, 3.63) is 78.9 Å². The summed E-state index contributed by atoms with van der Waals surface area (Å²) in [6.07, 6.45) is -0.561. The largest absolute Gasteiger partial charge is 0.494 e. The van der Waals surface area contributed by atoms with E-state index in [0.29, 0.717) is 38.5 Å². The summed E-state index contributed by atoms with van der Waals surface area (Å²) >= 11 is 0. The highest BCUT2D eigenvalue weighted by Crippen LogP contribution is 2.27. The molecule has 184 valence electrons. The van der Waals surface area contributed by atoms with E-state index in [0.717, 1.165) is 28.2 Å². The minimum absolute atomic E-state index is 0.0130. The van der Waals surface area contributed by atoms with E-state index in [4.69, 9.17) is 9.47 Å². The highest BCUT2D eigenvalue weighted by Gasteiger charge is 2.26. The average molecular weight is 483 g/mol. The third kappa shape index (κ3) is 5.10. The Bertz CT molecular complexity index is 1310. The Hall–Kier alpha value is -4.13. The van der Waals surface area contributed by atoms with Gasteiger partial charge in [0.25, 0.3) is 5.91 Å². The SMILES string of the molecule is CCOc1ccc(OC(C)C(=O)N2CCN(c3ccc(-c4cccc5ccccc45)nn3)CC2)cc1. The van der Waals surface area contributed by atoms with E-state index in [1.807, 2.05) is 66.4 Å². The van der Waals surface area contributed by atoms with Crippen LogP contribution in [0, 0.1) is 0 Å². The Morgan fingerprint density at radius 2 is 1.58 bits per heavy atom. The first kappa shape index (κ1) is 23.6. The molecule has 0 bridgehead atoms. The Morgan fingerprint density at radius 3 is 2.31 bits per heavy atom. The van der Waals surface area contributed by atoms with Crippen LogP contribution in [0.2, 0.25) is 0 Å². The summed E-state index contributed by atoms with van der Waals surface area (Å²) in [4.78, 5) is 17.0. The molecule has 0 saturated carbocycles. The standard InChI is InChI=1S/C29H30N4O3/c1-3-35-23-11-13-24(14-12-23)36-21(2)29(34)33-19-17-32(18-20-33)28-16-15-27(30-31-28)26-10-6-8-22-7-4-5-9-25(22)26/h4-16,21H,3,17-20H2,1-2H3. The smallest absolute Gasteiger partial charge is 0.263 e. The number of hydrogen-bond donors (Lipinski definition) is 0. The van der Waals surface area contributed by atoms with Crippen molar-refractivity contribution < 1.29 is 14.3 Å². The monoisotopic (exact) mass is 482 g/mol. The summed E-state index contributed by atoms with van der Waals surface area (Å²) in [5.41, 5.74) is 1.92. The fourth-order valence-corrected chi connectivity index (χ4v) is 4.53. The van der Waals surface area contributed by atoms with Gasteiger partial charge in [0, 0.05) is 31.7 Å². The molecule has 4 aromatic rings. The summed E-state index contributed by atoms with van der Waals surface area (Å²) in [6, 6.07) is 25.9. The maximum atomic E-state index is 13.0. The first-order valence-corrected chi connectivity index (χ1v) is 12.4. The molecule has 1 saturated heterocycles. The van der Waals surface area contributed by atoms with E-state index in [2.05, 4.69) is 39.4 Å². The van der Waals surface area contributed by atoms with Crippen molar-refractivity contribution in [2.45, 2.75) is 20.0 Å². The molecule has 2 heterocycles. The fourth-order valence-electron chi connectivity index (χ4n) is 4.53. The van der Waals surface area contributed by atoms with E-state index in [9.17, 15) is 4.79 Å². The van der Waals surface area contributed by atoms with E-state index in [1.54, 1.807) is 6.92 Å². The van der Waals surface area contributed by atoms with Gasteiger partial charge in [0.1, 0.15) is 11.5 Å². The van der Waals surface area contributed by atoms with Crippen molar-refractivity contribution in [2.24, 2.45) is 0 Å². The normalized spacial score (nSPS) is 14.5. The van der Waals surface area contributed by atoms with Crippen molar-refractivity contribution in [1.29, 1.82) is 0 Å². The van der Waals surface area contributed by atoms with E-state index >= 15 is 0 Å². The molecule has 0 aliphatic carbocycles. The number of anilines is 1. The number of rotatable bonds is 7. The van der Waals surface area contributed by atoms with Crippen LogP contribution in [0.4, 0.5) is 5.82 Å². The highest BCUT2D eigenvalue weighted by atomic mass is 16.5. The molecule has 1 aliphatic rings. The Balaban J connectivity index is 1.18. The summed E-state index contributed by atoms with van der Waals surface area (Å²) in [6.45, 7) is 6.97. The van der Waals surface area contributed by atoms with Crippen LogP contribution in [-0.2, 0) is 4.79 Å². The number of carbonyl (C=O) groups is 1. The van der Waals surface area contributed by atoms with Crippen LogP contribution in [0.25, 0.3) is 22.0 Å². The van der Waals surface area contributed by atoms with Crippen molar-refractivity contribution in [3.63, 3.8) is 0 Å². The van der Waals surface area contributed by atoms with Crippen LogP contribution < -0.4 is 14.4 Å². The van der Waals surface area contributed by atoms with Gasteiger partial charge < -0.3 is 19.3 Å². The molecule has 1 aliphatic heterocycles. The number of hydrogen-bond acceptors (Lipinski definition) is 6. The number of benzene rings is 3. The number of aromatic nitrogens is 2. The van der Waals surface area contributed by atoms with Crippen molar-refractivity contribution >= 4 is 22.5 Å². The molecule has 5 rings (SSSR count). The maximum Gasteiger partial charge on any atom is 0.263 e. The summed E-state index contributed by atoms with van der Waals surface area (Å²) in [5.74, 6) is 2.25. The van der Waals surface area contributed by atoms with Gasteiger partial charge in [0.15, 0.2) is 11.9 Å². The van der Waals surface area contributed by atoms with Crippen LogP contribution in [0.15, 0.2) is 78.9 Å². The van der Waals surface area contributed by atoms with Crippen molar-refractivity contribution in [1.82, 2.24) is 15.1 Å². The lowest BCUT2D eigenvalue weighted by molar-refractivity contribution is -0.138. The molecule has 1 fully saturated rings. The van der Waals surface area contributed by atoms with Crippen LogP contribution in [0.5, 0.6) is 11.5 Å². The average Bonchev–Trinajstić information content (AvgIpc) is 2.94. The van der Waals surface area contributed by atoms with Crippen molar-refractivity contribution in [2.75, 3.05) is 37.7 Å². The zero-order valence-electron chi connectivity index (χ0n) is 20.6. The molecule has 0 spiro atoms. The number of ether oxygens (including phenoxy) is 2. The molecule has 0 radical (unpaired) electrons. The van der Waals surface area contributed by atoms with Gasteiger partial charge in [-0.15, -0.1) is 10.2 Å². The predicted molar refractivity (Wildman–Crippen MR) is 141 cm³/mol. The fraction of sp³-hybridized carbons (Fsp3) is 0.276. The topological polar surface area (TPSA) is 67.8 Å². The van der Waals surface area contributed by atoms with Crippen LogP contribution in [-0.4, -0.2) is 59.9 Å². The predicted octanol–water partition coefficient (Wildman–Crippen LogP) is 4.81. The number of piperazine rings is 1. The minimum Gasteiger partial charge on any atom is -0.494 e. The van der Waals surface area contributed by atoms with Gasteiger partial charge in [-0.05, 0) is 61.0 Å². The van der Waals surface area contributed by atoms with Gasteiger partial charge in [0.2, 0.25) is 0 Å². The minimum atomic E-state index is -0.561. The Labute approximate surface area is 211 Å². The Kier molecular flexibility index (Phi) is 6.98. The van der Waals surface area contributed by atoms with Crippen LogP contribution in [0.1, 0.15) is 13.8 Å². The van der Waals surface area contributed by atoms with Gasteiger partial charge in [0.05, 0.1) is 12.3 Å². The van der Waals surface area contributed by atoms with Gasteiger partial charge >= 0.3 is 0 Å². The second kappa shape index (κ2) is 10.6. The lowest BCUT2D eigenvalue weighted by Crippen LogP contribution is -2.52. The number of amides is 1. The molecule has 0 N–H and O–H groups in total. The molecule has 7 nitrogen and oxygen atoms in total. The summed E-state index contributed by atoms with van der Waals surface area (Å²) in [7, 11) is 0. The number of carbonyl (C=O) groups excluding carboxylic acids is 1. The molecule has 1 amide bonds. The lowest BCUT2D eigenvalue weighted by Gasteiger charge is -2.36. The quantitative estimate of drug-likeness (QED) is 0.377. The summed E-state index contributed by atoms with van der Waals surface area (Å²) < 4.78 is 11.3. The zero-order valence-corrected chi connectivity index (χ0v) is 20.6. The van der Waals surface area contributed by atoms with E-state index in [-0.39, 0.29) is 5.91 Å². The maximum absolute atomic E-state index is 13.0. The van der Waals surface area contributed by atoms with E-state index in [1.165, 1.54) is 5.39 Å². The van der Waals surface area contributed by atoms with Crippen molar-refractivity contribution in [3.8, 4) is 22.8 Å². The van der Waals surface area contributed by atoms with Crippen LogP contribution in [0.3, 0.4) is 0 Å². The van der Waals surface area contributed by atoms with Gasteiger partial charge in [-0.25, -0.2) is 0 Å². The van der Waals surface area contributed by atoms with Gasteiger partial charge in [-0.2, -0.15) is 0 Å². The van der Waals surface area contributed by atoms with Gasteiger partial charge in [-0.1, -0.05) is 42.5 Å². The Morgan fingerprint density at radius 1 is 0.861 bits per heavy atom. The molecule has 1 aromatic heterocycles. The first-order valence-electron chi connectivity index (χ1n) is 12.4. The molecule has 7 heteroatoms. The zero-order chi connectivity index (χ0) is 24.9. The number of nitrogens with zero attached hydrogens (tertiary/aromatic N) is 4. The first-order chi connectivity index (χ1) is 17.6. The molecule has 1 atom stereocenters. The molecular formula is C29H30N4O3. The van der Waals surface area contributed by atoms with Crippen LogP contribution >= 0.6 is 0 Å².